The van der Waals surface area contributed by atoms with Gasteiger partial charge in [0.25, 0.3) is 5.91 Å². The van der Waals surface area contributed by atoms with Gasteiger partial charge in [0.1, 0.15) is 17.3 Å². The highest BCUT2D eigenvalue weighted by Gasteiger charge is 2.22. The van der Waals surface area contributed by atoms with Gasteiger partial charge in [0, 0.05) is 10.7 Å². The van der Waals surface area contributed by atoms with Crippen molar-refractivity contribution < 1.29 is 9.21 Å². The molecule has 1 amide bonds. The maximum atomic E-state index is 13.0. The normalized spacial score (nSPS) is 10.5. The molecule has 0 radical (unpaired) electrons. The van der Waals surface area contributed by atoms with Crippen molar-refractivity contribution in [1.82, 2.24) is 4.98 Å². The van der Waals surface area contributed by atoms with Gasteiger partial charge in [0.15, 0.2) is 0 Å². The SMILES string of the molecule is Cc1ccc(CN(C(=O)c2ccccc2Br)c2ccccn2)o1. The fourth-order valence-electron chi connectivity index (χ4n) is 2.28. The third kappa shape index (κ3) is 3.51. The van der Waals surface area contributed by atoms with E-state index >= 15 is 0 Å². The van der Waals surface area contributed by atoms with Gasteiger partial charge in [0.2, 0.25) is 0 Å². The van der Waals surface area contributed by atoms with Crippen LogP contribution in [0.3, 0.4) is 0 Å². The van der Waals surface area contributed by atoms with E-state index < -0.39 is 0 Å². The number of rotatable bonds is 4. The van der Waals surface area contributed by atoms with Crippen molar-refractivity contribution in [2.45, 2.75) is 13.5 Å². The summed E-state index contributed by atoms with van der Waals surface area (Å²) < 4.78 is 6.37. The lowest BCUT2D eigenvalue weighted by Crippen LogP contribution is -2.31. The van der Waals surface area contributed by atoms with Gasteiger partial charge in [-0.1, -0.05) is 18.2 Å². The summed E-state index contributed by atoms with van der Waals surface area (Å²) in [6.07, 6.45) is 1.67. The molecule has 0 aliphatic carbocycles. The Hall–Kier alpha value is -2.40. The van der Waals surface area contributed by atoms with Gasteiger partial charge in [-0.25, -0.2) is 4.98 Å². The van der Waals surface area contributed by atoms with E-state index in [1.807, 2.05) is 55.5 Å². The second kappa shape index (κ2) is 6.79. The average molecular weight is 371 g/mol. The van der Waals surface area contributed by atoms with E-state index in [2.05, 4.69) is 20.9 Å². The second-order valence-electron chi connectivity index (χ2n) is 5.07. The highest BCUT2D eigenvalue weighted by molar-refractivity contribution is 9.10. The van der Waals surface area contributed by atoms with E-state index in [9.17, 15) is 4.79 Å². The van der Waals surface area contributed by atoms with Crippen molar-refractivity contribution in [2.75, 3.05) is 4.90 Å². The third-order valence-electron chi connectivity index (χ3n) is 3.39. The number of aryl methyl sites for hydroxylation is 1. The van der Waals surface area contributed by atoms with E-state index in [-0.39, 0.29) is 5.91 Å². The Morgan fingerprint density at radius 3 is 2.57 bits per heavy atom. The molecule has 0 fully saturated rings. The zero-order valence-electron chi connectivity index (χ0n) is 12.6. The predicted molar refractivity (Wildman–Crippen MR) is 92.3 cm³/mol. The summed E-state index contributed by atoms with van der Waals surface area (Å²) in [5.74, 6) is 1.98. The summed E-state index contributed by atoms with van der Waals surface area (Å²) in [5.41, 5.74) is 0.585. The number of carbonyl (C=O) groups is 1. The van der Waals surface area contributed by atoms with Crippen LogP contribution in [0.5, 0.6) is 0 Å². The molecule has 0 spiro atoms. The molecule has 3 rings (SSSR count). The van der Waals surface area contributed by atoms with Crippen LogP contribution >= 0.6 is 15.9 Å². The fraction of sp³-hybridized carbons (Fsp3) is 0.111. The number of anilines is 1. The minimum absolute atomic E-state index is 0.134. The van der Waals surface area contributed by atoms with Crippen LogP contribution < -0.4 is 4.90 Å². The molecule has 0 bridgehead atoms. The summed E-state index contributed by atoms with van der Waals surface area (Å²) in [6, 6.07) is 16.6. The van der Waals surface area contributed by atoms with Crippen LogP contribution in [0, 0.1) is 6.92 Å². The van der Waals surface area contributed by atoms with Gasteiger partial charge in [-0.3, -0.25) is 9.69 Å². The molecule has 1 aromatic carbocycles. The first-order valence-corrected chi connectivity index (χ1v) is 7.97. The molecular weight excluding hydrogens is 356 g/mol. The summed E-state index contributed by atoms with van der Waals surface area (Å²) in [4.78, 5) is 18.9. The Labute approximate surface area is 142 Å². The number of hydrogen-bond donors (Lipinski definition) is 0. The standard InChI is InChI=1S/C18H15BrN2O2/c1-13-9-10-14(23-13)12-21(17-8-4-5-11-20-17)18(22)15-6-2-3-7-16(15)19/h2-11H,12H2,1H3. The monoisotopic (exact) mass is 370 g/mol. The molecule has 5 heteroatoms. The summed E-state index contributed by atoms with van der Waals surface area (Å²) in [6.45, 7) is 2.20. The minimum atomic E-state index is -0.134. The number of hydrogen-bond acceptors (Lipinski definition) is 3. The molecule has 2 heterocycles. The Balaban J connectivity index is 1.98. The summed E-state index contributed by atoms with van der Waals surface area (Å²) in [5, 5.41) is 0. The van der Waals surface area contributed by atoms with Gasteiger partial charge in [-0.15, -0.1) is 0 Å². The topological polar surface area (TPSA) is 46.3 Å². The number of pyridine rings is 1. The van der Waals surface area contributed by atoms with Crippen LogP contribution in [0.15, 0.2) is 69.7 Å². The number of halogens is 1. The van der Waals surface area contributed by atoms with E-state index in [0.29, 0.717) is 23.7 Å². The third-order valence-corrected chi connectivity index (χ3v) is 4.08. The summed E-state index contributed by atoms with van der Waals surface area (Å²) >= 11 is 3.44. The smallest absolute Gasteiger partial charge is 0.261 e. The molecule has 2 aromatic heterocycles. The van der Waals surface area contributed by atoms with Crippen LogP contribution in [0.25, 0.3) is 0 Å². The number of benzene rings is 1. The van der Waals surface area contributed by atoms with Crippen LogP contribution in [0.4, 0.5) is 5.82 Å². The molecule has 116 valence electrons. The predicted octanol–water partition coefficient (Wildman–Crippen LogP) is 4.59. The van der Waals surface area contributed by atoms with E-state index in [0.717, 1.165) is 10.2 Å². The van der Waals surface area contributed by atoms with Crippen molar-refractivity contribution in [3.05, 3.63) is 82.4 Å². The van der Waals surface area contributed by atoms with Crippen LogP contribution in [0.1, 0.15) is 21.9 Å². The maximum absolute atomic E-state index is 13.0. The molecular formula is C18H15BrN2O2. The maximum Gasteiger partial charge on any atom is 0.261 e. The molecule has 0 N–H and O–H groups in total. The molecule has 0 aliphatic heterocycles. The molecule has 23 heavy (non-hydrogen) atoms. The lowest BCUT2D eigenvalue weighted by Gasteiger charge is -2.21. The number of carbonyl (C=O) groups excluding carboxylic acids is 1. The van der Waals surface area contributed by atoms with E-state index in [1.54, 1.807) is 17.2 Å². The van der Waals surface area contributed by atoms with Gasteiger partial charge in [0.05, 0.1) is 12.1 Å². The Bertz CT molecular complexity index is 815. The molecule has 4 nitrogen and oxygen atoms in total. The van der Waals surface area contributed by atoms with E-state index in [1.165, 1.54) is 0 Å². The molecule has 3 aromatic rings. The molecule has 0 unspecified atom stereocenters. The highest BCUT2D eigenvalue weighted by atomic mass is 79.9. The van der Waals surface area contributed by atoms with Gasteiger partial charge >= 0.3 is 0 Å². The number of amides is 1. The second-order valence-corrected chi connectivity index (χ2v) is 5.93. The van der Waals surface area contributed by atoms with Crippen LogP contribution in [0.2, 0.25) is 0 Å². The number of aromatic nitrogens is 1. The van der Waals surface area contributed by atoms with E-state index in [4.69, 9.17) is 4.42 Å². The quantitative estimate of drug-likeness (QED) is 0.674. The first kappa shape index (κ1) is 15.5. The van der Waals surface area contributed by atoms with Crippen molar-refractivity contribution in [3.63, 3.8) is 0 Å². The first-order chi connectivity index (χ1) is 11.1. The van der Waals surface area contributed by atoms with Crippen LogP contribution in [-0.2, 0) is 6.54 Å². The zero-order chi connectivity index (χ0) is 16.2. The zero-order valence-corrected chi connectivity index (χ0v) is 14.2. The van der Waals surface area contributed by atoms with Crippen LogP contribution in [-0.4, -0.2) is 10.9 Å². The van der Waals surface area contributed by atoms with Gasteiger partial charge < -0.3 is 4.42 Å². The molecule has 0 saturated carbocycles. The molecule has 0 saturated heterocycles. The van der Waals surface area contributed by atoms with Gasteiger partial charge in [-0.2, -0.15) is 0 Å². The Morgan fingerprint density at radius 1 is 1.13 bits per heavy atom. The number of furan rings is 1. The molecule has 0 atom stereocenters. The fourth-order valence-corrected chi connectivity index (χ4v) is 2.73. The highest BCUT2D eigenvalue weighted by Crippen LogP contribution is 2.23. The minimum Gasteiger partial charge on any atom is -0.464 e. The lowest BCUT2D eigenvalue weighted by molar-refractivity contribution is 0.0981. The Kier molecular flexibility index (Phi) is 4.57. The summed E-state index contributed by atoms with van der Waals surface area (Å²) in [7, 11) is 0. The molecule has 0 aliphatic rings. The van der Waals surface area contributed by atoms with Crippen molar-refractivity contribution in [3.8, 4) is 0 Å². The van der Waals surface area contributed by atoms with Gasteiger partial charge in [-0.05, 0) is 59.3 Å². The Morgan fingerprint density at radius 2 is 1.91 bits per heavy atom. The largest absolute Gasteiger partial charge is 0.464 e. The van der Waals surface area contributed by atoms with Crippen molar-refractivity contribution in [2.24, 2.45) is 0 Å². The lowest BCUT2D eigenvalue weighted by atomic mass is 10.2. The average Bonchev–Trinajstić information content (AvgIpc) is 2.98. The number of nitrogens with zero attached hydrogens (tertiary/aromatic N) is 2. The van der Waals surface area contributed by atoms with Crippen molar-refractivity contribution >= 4 is 27.7 Å². The first-order valence-electron chi connectivity index (χ1n) is 7.18. The van der Waals surface area contributed by atoms with Crippen molar-refractivity contribution in [1.29, 1.82) is 0 Å².